The highest BCUT2D eigenvalue weighted by atomic mass is 16.5. The number of hydrogen-bond donors (Lipinski definition) is 0. The van der Waals surface area contributed by atoms with Crippen LogP contribution in [-0.4, -0.2) is 42.9 Å². The van der Waals surface area contributed by atoms with Crippen molar-refractivity contribution < 1.29 is 14.3 Å². The lowest BCUT2D eigenvalue weighted by Crippen LogP contribution is -2.40. The monoisotopic (exact) mass is 253 g/mol. The second-order valence-electron chi connectivity index (χ2n) is 5.38. The number of hydrogen-bond acceptors (Lipinski definition) is 4. The zero-order valence-electron chi connectivity index (χ0n) is 11.2. The molecule has 2 aliphatic rings. The van der Waals surface area contributed by atoms with Gasteiger partial charge in [-0.2, -0.15) is 0 Å². The number of esters is 1. The van der Waals surface area contributed by atoms with E-state index in [1.807, 2.05) is 6.92 Å². The molecule has 0 aromatic rings. The Bertz CT molecular complexity index is 312. The van der Waals surface area contributed by atoms with Crippen molar-refractivity contribution >= 4 is 11.8 Å². The third-order valence-corrected chi connectivity index (χ3v) is 3.83. The van der Waals surface area contributed by atoms with E-state index in [9.17, 15) is 9.59 Å². The molecule has 1 aliphatic carbocycles. The third-order valence-electron chi connectivity index (χ3n) is 3.83. The Morgan fingerprint density at radius 1 is 1.22 bits per heavy atom. The minimum Gasteiger partial charge on any atom is -0.466 e. The highest BCUT2D eigenvalue weighted by Crippen LogP contribution is 2.31. The number of nitrogens with zero attached hydrogens (tertiary/aromatic N) is 1. The molecule has 2 fully saturated rings. The molecular formula is C14H23NO3. The van der Waals surface area contributed by atoms with E-state index < -0.39 is 0 Å². The van der Waals surface area contributed by atoms with E-state index in [-0.39, 0.29) is 11.9 Å². The second kappa shape index (κ2) is 6.32. The number of carbonyl (C=O) groups excluding carboxylic acids is 2. The van der Waals surface area contributed by atoms with Crippen LogP contribution in [-0.2, 0) is 14.3 Å². The molecule has 1 heterocycles. The number of rotatable bonds is 6. The molecule has 1 atom stereocenters. The van der Waals surface area contributed by atoms with Crippen LogP contribution in [0.2, 0.25) is 0 Å². The van der Waals surface area contributed by atoms with Crippen molar-refractivity contribution in [1.82, 2.24) is 4.90 Å². The van der Waals surface area contributed by atoms with Gasteiger partial charge in [0.1, 0.15) is 5.78 Å². The van der Waals surface area contributed by atoms with Crippen molar-refractivity contribution in [2.45, 2.75) is 39.0 Å². The van der Waals surface area contributed by atoms with Gasteiger partial charge in [0.2, 0.25) is 0 Å². The highest BCUT2D eigenvalue weighted by molar-refractivity contribution is 5.83. The third kappa shape index (κ3) is 3.80. The maximum absolute atomic E-state index is 11.7. The van der Waals surface area contributed by atoms with E-state index in [0.29, 0.717) is 24.7 Å². The molecule has 0 bridgehead atoms. The molecule has 2 rings (SSSR count). The molecule has 4 nitrogen and oxygen atoms in total. The van der Waals surface area contributed by atoms with E-state index in [2.05, 4.69) is 4.90 Å². The van der Waals surface area contributed by atoms with Crippen LogP contribution in [0.4, 0.5) is 0 Å². The minimum absolute atomic E-state index is 0.00901. The molecule has 18 heavy (non-hydrogen) atoms. The van der Waals surface area contributed by atoms with Gasteiger partial charge in [-0.1, -0.05) is 0 Å². The summed E-state index contributed by atoms with van der Waals surface area (Å²) in [6, 6.07) is 0. The predicted octanol–water partition coefficient (Wildman–Crippen LogP) is 1.63. The van der Waals surface area contributed by atoms with Crippen molar-refractivity contribution in [2.24, 2.45) is 11.8 Å². The Hall–Kier alpha value is -0.900. The largest absolute Gasteiger partial charge is 0.466 e. The zero-order valence-corrected chi connectivity index (χ0v) is 11.2. The van der Waals surface area contributed by atoms with Gasteiger partial charge in [-0.15, -0.1) is 0 Å². The van der Waals surface area contributed by atoms with Crippen LogP contribution in [0.15, 0.2) is 0 Å². The summed E-state index contributed by atoms with van der Waals surface area (Å²) in [5.74, 6) is 0.703. The number of carbonyl (C=O) groups is 2. The summed E-state index contributed by atoms with van der Waals surface area (Å²) in [5, 5.41) is 0. The first-order chi connectivity index (χ1) is 8.70. The Kier molecular flexibility index (Phi) is 4.75. The lowest BCUT2D eigenvalue weighted by atomic mass is 9.98. The van der Waals surface area contributed by atoms with Gasteiger partial charge in [-0.3, -0.25) is 9.59 Å². The van der Waals surface area contributed by atoms with Gasteiger partial charge in [0.25, 0.3) is 0 Å². The highest BCUT2D eigenvalue weighted by Gasteiger charge is 2.31. The average molecular weight is 253 g/mol. The smallest absolute Gasteiger partial charge is 0.310 e. The maximum atomic E-state index is 11.7. The van der Waals surface area contributed by atoms with E-state index in [1.165, 1.54) is 0 Å². The molecule has 0 aromatic heterocycles. The number of ether oxygens (including phenoxy) is 1. The summed E-state index contributed by atoms with van der Waals surface area (Å²) in [7, 11) is 0. The SMILES string of the molecule is CCOC(=O)[C@@H]1CCCN(CCC(=O)C2CC2)C1. The molecule has 4 heteroatoms. The van der Waals surface area contributed by atoms with Crippen molar-refractivity contribution in [1.29, 1.82) is 0 Å². The fourth-order valence-corrected chi connectivity index (χ4v) is 2.59. The van der Waals surface area contributed by atoms with Crippen LogP contribution in [0, 0.1) is 11.8 Å². The van der Waals surface area contributed by atoms with Crippen LogP contribution in [0.25, 0.3) is 0 Å². The second-order valence-corrected chi connectivity index (χ2v) is 5.38. The summed E-state index contributed by atoms with van der Waals surface area (Å²) in [5.41, 5.74) is 0. The van der Waals surface area contributed by atoms with Crippen LogP contribution in [0.3, 0.4) is 0 Å². The number of piperidine rings is 1. The first-order valence-corrected chi connectivity index (χ1v) is 7.12. The minimum atomic E-state index is -0.0734. The standard InChI is InChI=1S/C14H23NO3/c1-2-18-14(17)12-4-3-8-15(10-12)9-7-13(16)11-5-6-11/h11-12H,2-10H2,1H3/t12-/m1/s1. The molecule has 0 unspecified atom stereocenters. The zero-order chi connectivity index (χ0) is 13.0. The summed E-state index contributed by atoms with van der Waals surface area (Å²) in [6.45, 7) is 4.87. The molecule has 1 aliphatic heterocycles. The van der Waals surface area contributed by atoms with Crippen LogP contribution in [0.1, 0.15) is 39.0 Å². The lowest BCUT2D eigenvalue weighted by molar-refractivity contribution is -0.149. The molecule has 0 radical (unpaired) electrons. The topological polar surface area (TPSA) is 46.6 Å². The molecule has 1 saturated carbocycles. The molecule has 0 amide bonds. The quantitative estimate of drug-likeness (QED) is 0.675. The van der Waals surface area contributed by atoms with E-state index >= 15 is 0 Å². The van der Waals surface area contributed by atoms with Gasteiger partial charge in [0.05, 0.1) is 12.5 Å². The first-order valence-electron chi connectivity index (χ1n) is 7.12. The van der Waals surface area contributed by atoms with Gasteiger partial charge >= 0.3 is 5.97 Å². The Morgan fingerprint density at radius 2 is 2.00 bits per heavy atom. The van der Waals surface area contributed by atoms with E-state index in [1.54, 1.807) is 0 Å². The average Bonchev–Trinajstić information content (AvgIpc) is 3.21. The van der Waals surface area contributed by atoms with Crippen molar-refractivity contribution in [3.63, 3.8) is 0 Å². The first kappa shape index (κ1) is 13.5. The van der Waals surface area contributed by atoms with Gasteiger partial charge in [0.15, 0.2) is 0 Å². The van der Waals surface area contributed by atoms with E-state index in [4.69, 9.17) is 4.74 Å². The number of Topliss-reactive ketones (excluding diaryl/α,β-unsaturated/α-hetero) is 1. The Labute approximate surface area is 109 Å². The Balaban J connectivity index is 1.72. The molecule has 0 aromatic carbocycles. The van der Waals surface area contributed by atoms with Crippen molar-refractivity contribution in [3.05, 3.63) is 0 Å². The summed E-state index contributed by atoms with van der Waals surface area (Å²) in [4.78, 5) is 25.6. The lowest BCUT2D eigenvalue weighted by Gasteiger charge is -2.31. The van der Waals surface area contributed by atoms with Gasteiger partial charge in [-0.05, 0) is 39.2 Å². The van der Waals surface area contributed by atoms with Gasteiger partial charge < -0.3 is 9.64 Å². The van der Waals surface area contributed by atoms with Gasteiger partial charge in [-0.25, -0.2) is 0 Å². The van der Waals surface area contributed by atoms with Crippen LogP contribution in [0.5, 0.6) is 0 Å². The summed E-state index contributed by atoms with van der Waals surface area (Å²) >= 11 is 0. The van der Waals surface area contributed by atoms with E-state index in [0.717, 1.165) is 45.3 Å². The maximum Gasteiger partial charge on any atom is 0.310 e. The van der Waals surface area contributed by atoms with Crippen LogP contribution >= 0.6 is 0 Å². The fourth-order valence-electron chi connectivity index (χ4n) is 2.59. The van der Waals surface area contributed by atoms with Crippen molar-refractivity contribution in [2.75, 3.05) is 26.2 Å². The van der Waals surface area contributed by atoms with Gasteiger partial charge in [0, 0.05) is 25.4 Å². The Morgan fingerprint density at radius 3 is 2.67 bits per heavy atom. The van der Waals surface area contributed by atoms with Crippen molar-refractivity contribution in [3.8, 4) is 0 Å². The molecule has 0 N–H and O–H groups in total. The molecular weight excluding hydrogens is 230 g/mol. The molecule has 1 saturated heterocycles. The normalized spacial score (nSPS) is 24.8. The molecule has 102 valence electrons. The number of likely N-dealkylation sites (tertiary alicyclic amines) is 1. The number of ketones is 1. The molecule has 0 spiro atoms. The summed E-state index contributed by atoms with van der Waals surface area (Å²) in [6.07, 6.45) is 4.78. The van der Waals surface area contributed by atoms with Crippen LogP contribution < -0.4 is 0 Å². The fraction of sp³-hybridized carbons (Fsp3) is 0.857. The predicted molar refractivity (Wildman–Crippen MR) is 68.1 cm³/mol. The summed E-state index contributed by atoms with van der Waals surface area (Å²) < 4.78 is 5.07.